The fraction of sp³-hybridized carbons (Fsp3) is 0.100. The van der Waals surface area contributed by atoms with Gasteiger partial charge in [-0.05, 0) is 12.1 Å². The van der Waals surface area contributed by atoms with Gasteiger partial charge in [0.25, 0.3) is 5.97 Å². The van der Waals surface area contributed by atoms with Crippen molar-refractivity contribution in [2.75, 3.05) is 0 Å². The molecule has 0 unspecified atom stereocenters. The Kier molecular flexibility index (Phi) is 3.55. The number of carboxylic acids is 1. The zero-order valence-electron chi connectivity index (χ0n) is 7.73. The Balaban J connectivity index is 0.000000213. The molecule has 1 aromatic carbocycles. The topological polar surface area (TPSA) is 58.6 Å². The van der Waals surface area contributed by atoms with Gasteiger partial charge in [-0.2, -0.15) is 0 Å². The SMILES string of the molecule is C1=Cc2ccccc2ON1.CC(=O)O. The van der Waals surface area contributed by atoms with Gasteiger partial charge in [-0.1, -0.05) is 18.2 Å². The monoisotopic (exact) mass is 193 g/mol. The summed E-state index contributed by atoms with van der Waals surface area (Å²) in [5, 5.41) is 7.42. The molecule has 0 amide bonds. The van der Waals surface area contributed by atoms with Crippen molar-refractivity contribution >= 4 is 12.0 Å². The maximum atomic E-state index is 9.00. The smallest absolute Gasteiger partial charge is 0.300 e. The minimum Gasteiger partial charge on any atom is -0.481 e. The summed E-state index contributed by atoms with van der Waals surface area (Å²) in [6.45, 7) is 1.08. The van der Waals surface area contributed by atoms with Crippen LogP contribution in [-0.4, -0.2) is 11.1 Å². The van der Waals surface area contributed by atoms with E-state index in [1.54, 1.807) is 6.20 Å². The van der Waals surface area contributed by atoms with Crippen molar-refractivity contribution in [2.24, 2.45) is 0 Å². The summed E-state index contributed by atoms with van der Waals surface area (Å²) in [5.41, 5.74) is 3.77. The molecule has 0 saturated heterocycles. The number of nitrogens with one attached hydrogen (secondary N) is 1. The first kappa shape index (κ1) is 10.1. The highest BCUT2D eigenvalue weighted by Crippen LogP contribution is 2.20. The minimum atomic E-state index is -0.833. The van der Waals surface area contributed by atoms with Crippen LogP contribution in [0, 0.1) is 0 Å². The van der Waals surface area contributed by atoms with Crippen molar-refractivity contribution in [3.8, 4) is 5.75 Å². The lowest BCUT2D eigenvalue weighted by molar-refractivity contribution is -0.134. The third-order valence-electron chi connectivity index (χ3n) is 1.42. The summed E-state index contributed by atoms with van der Waals surface area (Å²) < 4.78 is 0. The van der Waals surface area contributed by atoms with Crippen molar-refractivity contribution in [2.45, 2.75) is 6.92 Å². The van der Waals surface area contributed by atoms with E-state index in [1.165, 1.54) is 0 Å². The molecule has 0 aromatic heterocycles. The number of carbonyl (C=O) groups is 1. The Morgan fingerprint density at radius 1 is 1.43 bits per heavy atom. The van der Waals surface area contributed by atoms with Crippen LogP contribution in [0.3, 0.4) is 0 Å². The van der Waals surface area contributed by atoms with E-state index in [0.29, 0.717) is 0 Å². The van der Waals surface area contributed by atoms with Crippen molar-refractivity contribution in [1.29, 1.82) is 0 Å². The average Bonchev–Trinajstić information content (AvgIpc) is 2.17. The summed E-state index contributed by atoms with van der Waals surface area (Å²) in [7, 11) is 0. The Hall–Kier alpha value is -1.97. The predicted octanol–water partition coefficient (Wildman–Crippen LogP) is 1.65. The maximum absolute atomic E-state index is 9.00. The van der Waals surface area contributed by atoms with Gasteiger partial charge in [-0.15, -0.1) is 0 Å². The molecule has 0 radical (unpaired) electrons. The van der Waals surface area contributed by atoms with Crippen LogP contribution in [0.2, 0.25) is 0 Å². The molecule has 4 nitrogen and oxygen atoms in total. The van der Waals surface area contributed by atoms with Crippen LogP contribution in [0.5, 0.6) is 5.75 Å². The second-order valence-electron chi connectivity index (χ2n) is 2.61. The van der Waals surface area contributed by atoms with Crippen molar-refractivity contribution in [3.05, 3.63) is 36.0 Å². The first-order chi connectivity index (χ1) is 6.70. The van der Waals surface area contributed by atoms with Crippen molar-refractivity contribution in [1.82, 2.24) is 5.48 Å². The first-order valence-electron chi connectivity index (χ1n) is 4.07. The molecule has 0 spiro atoms. The van der Waals surface area contributed by atoms with Crippen molar-refractivity contribution < 1.29 is 14.7 Å². The quantitative estimate of drug-likeness (QED) is 0.657. The normalized spacial score (nSPS) is 11.2. The lowest BCUT2D eigenvalue weighted by Crippen LogP contribution is -2.13. The summed E-state index contributed by atoms with van der Waals surface area (Å²) in [6.07, 6.45) is 3.74. The third kappa shape index (κ3) is 3.18. The first-order valence-corrected chi connectivity index (χ1v) is 4.07. The number of hydrogen-bond acceptors (Lipinski definition) is 3. The largest absolute Gasteiger partial charge is 0.481 e. The second-order valence-corrected chi connectivity index (χ2v) is 2.61. The minimum absolute atomic E-state index is 0.833. The van der Waals surface area contributed by atoms with Crippen LogP contribution < -0.4 is 10.3 Å². The Morgan fingerprint density at radius 2 is 2.07 bits per heavy atom. The summed E-state index contributed by atoms with van der Waals surface area (Å²) >= 11 is 0. The van der Waals surface area contributed by atoms with Gasteiger partial charge in [0, 0.05) is 18.7 Å². The molecule has 4 heteroatoms. The Bertz CT molecular complexity index is 343. The van der Waals surface area contributed by atoms with Crippen LogP contribution in [0.4, 0.5) is 0 Å². The molecule has 0 saturated carbocycles. The highest BCUT2D eigenvalue weighted by Gasteiger charge is 2.01. The van der Waals surface area contributed by atoms with E-state index in [1.807, 2.05) is 30.3 Å². The van der Waals surface area contributed by atoms with Crippen LogP contribution in [0.25, 0.3) is 6.08 Å². The number of benzene rings is 1. The molecule has 0 bridgehead atoms. The number of hydrogen-bond donors (Lipinski definition) is 2. The maximum Gasteiger partial charge on any atom is 0.300 e. The molecular formula is C10H11NO3. The van der Waals surface area contributed by atoms with Gasteiger partial charge < -0.3 is 9.94 Å². The van der Waals surface area contributed by atoms with Gasteiger partial charge in [0.1, 0.15) is 0 Å². The summed E-state index contributed by atoms with van der Waals surface area (Å²) in [4.78, 5) is 14.1. The zero-order chi connectivity index (χ0) is 10.4. The molecule has 1 aromatic rings. The van der Waals surface area contributed by atoms with Crippen molar-refractivity contribution in [3.63, 3.8) is 0 Å². The third-order valence-corrected chi connectivity index (χ3v) is 1.42. The van der Waals surface area contributed by atoms with Crippen LogP contribution in [0.15, 0.2) is 30.5 Å². The van der Waals surface area contributed by atoms with Crippen LogP contribution in [0.1, 0.15) is 12.5 Å². The summed E-state index contributed by atoms with van der Waals surface area (Å²) in [5.74, 6) is 0.0463. The van der Waals surface area contributed by atoms with Crippen LogP contribution in [-0.2, 0) is 4.79 Å². The van der Waals surface area contributed by atoms with E-state index < -0.39 is 5.97 Å². The molecule has 2 rings (SSSR count). The number of carboxylic acid groups (broad SMARTS) is 1. The molecule has 1 aliphatic heterocycles. The molecule has 74 valence electrons. The lowest BCUT2D eigenvalue weighted by Gasteiger charge is -2.11. The molecule has 1 heterocycles. The molecule has 0 atom stereocenters. The van der Waals surface area contributed by atoms with E-state index in [0.717, 1.165) is 18.2 Å². The molecule has 1 aliphatic rings. The second kappa shape index (κ2) is 4.91. The number of hydroxylamine groups is 1. The molecule has 14 heavy (non-hydrogen) atoms. The highest BCUT2D eigenvalue weighted by atomic mass is 16.6. The standard InChI is InChI=1S/C8H7NO.C2H4O2/c1-2-4-8-7(3-1)5-6-9-10-8;1-2(3)4/h1-6,9H;1H3,(H,3,4). The Labute approximate surface area is 81.8 Å². The van der Waals surface area contributed by atoms with E-state index in [4.69, 9.17) is 14.7 Å². The molecule has 0 fully saturated rings. The van der Waals surface area contributed by atoms with Gasteiger partial charge in [0.15, 0.2) is 5.75 Å². The number of para-hydroxylation sites is 1. The Morgan fingerprint density at radius 3 is 2.71 bits per heavy atom. The van der Waals surface area contributed by atoms with E-state index in [9.17, 15) is 0 Å². The predicted molar refractivity (Wildman–Crippen MR) is 52.5 cm³/mol. The number of aliphatic carboxylic acids is 1. The number of rotatable bonds is 0. The highest BCUT2D eigenvalue weighted by molar-refractivity contribution is 5.63. The van der Waals surface area contributed by atoms with Crippen LogP contribution >= 0.6 is 0 Å². The molecule has 2 N–H and O–H groups in total. The van der Waals surface area contributed by atoms with E-state index >= 15 is 0 Å². The lowest BCUT2D eigenvalue weighted by atomic mass is 10.2. The average molecular weight is 193 g/mol. The van der Waals surface area contributed by atoms with Gasteiger partial charge in [-0.25, -0.2) is 5.48 Å². The zero-order valence-corrected chi connectivity index (χ0v) is 7.73. The fourth-order valence-corrected chi connectivity index (χ4v) is 0.932. The van der Waals surface area contributed by atoms with Gasteiger partial charge >= 0.3 is 0 Å². The van der Waals surface area contributed by atoms with E-state index in [-0.39, 0.29) is 0 Å². The van der Waals surface area contributed by atoms with Gasteiger partial charge in [-0.3, -0.25) is 4.79 Å². The van der Waals surface area contributed by atoms with Gasteiger partial charge in [0.2, 0.25) is 0 Å². The molecular weight excluding hydrogens is 182 g/mol. The number of fused-ring (bicyclic) bond motifs is 1. The summed E-state index contributed by atoms with van der Waals surface area (Å²) in [6, 6.07) is 7.86. The fourth-order valence-electron chi connectivity index (χ4n) is 0.932. The van der Waals surface area contributed by atoms with Gasteiger partial charge in [0.05, 0.1) is 0 Å². The molecule has 0 aliphatic carbocycles. The van der Waals surface area contributed by atoms with E-state index in [2.05, 4.69) is 5.48 Å².